The fourth-order valence-electron chi connectivity index (χ4n) is 2.19. The number of nitrogens with one attached hydrogen (secondary N) is 1. The zero-order chi connectivity index (χ0) is 12.1. The molecule has 1 aliphatic carbocycles. The molecule has 1 aromatic rings. The van der Waals surface area contributed by atoms with E-state index in [4.69, 9.17) is 11.6 Å². The zero-order valence-corrected chi connectivity index (χ0v) is 11.3. The zero-order valence-electron chi connectivity index (χ0n) is 10.6. The predicted octanol–water partition coefficient (Wildman–Crippen LogP) is 4.05. The van der Waals surface area contributed by atoms with Gasteiger partial charge in [0.05, 0.1) is 0 Å². The van der Waals surface area contributed by atoms with Crippen molar-refractivity contribution in [1.82, 2.24) is 5.32 Å². The van der Waals surface area contributed by atoms with Gasteiger partial charge in [-0.3, -0.25) is 0 Å². The molecule has 0 radical (unpaired) electrons. The van der Waals surface area contributed by atoms with Crippen molar-refractivity contribution in [3.8, 4) is 0 Å². The molecule has 0 aliphatic heterocycles. The summed E-state index contributed by atoms with van der Waals surface area (Å²) >= 11 is 5.87. The van der Waals surface area contributed by atoms with E-state index in [1.165, 1.54) is 31.2 Å². The third kappa shape index (κ3) is 5.10. The van der Waals surface area contributed by atoms with Crippen LogP contribution in [0.5, 0.6) is 0 Å². The lowest BCUT2D eigenvalue weighted by Crippen LogP contribution is -2.29. The van der Waals surface area contributed by atoms with Crippen molar-refractivity contribution >= 4 is 11.6 Å². The first kappa shape index (κ1) is 12.9. The van der Waals surface area contributed by atoms with Gasteiger partial charge in [-0.15, -0.1) is 0 Å². The molecule has 1 aliphatic rings. The Bertz CT molecular complexity index is 329. The fraction of sp³-hybridized carbons (Fsp3) is 0.600. The molecule has 0 heterocycles. The molecule has 1 aromatic carbocycles. The van der Waals surface area contributed by atoms with Gasteiger partial charge in [0.25, 0.3) is 0 Å². The Morgan fingerprint density at radius 2 is 2.00 bits per heavy atom. The third-order valence-electron chi connectivity index (χ3n) is 3.43. The van der Waals surface area contributed by atoms with Gasteiger partial charge in [0.2, 0.25) is 0 Å². The highest BCUT2D eigenvalue weighted by Crippen LogP contribution is 2.33. The minimum absolute atomic E-state index is 0.551. The molecule has 0 spiro atoms. The van der Waals surface area contributed by atoms with Gasteiger partial charge in [-0.05, 0) is 56.3 Å². The van der Waals surface area contributed by atoms with E-state index in [1.807, 2.05) is 12.1 Å². The molecule has 2 heteroatoms. The van der Waals surface area contributed by atoms with Crippen LogP contribution in [0.15, 0.2) is 24.3 Å². The Hall–Kier alpha value is -0.530. The number of hydrogen-bond donors (Lipinski definition) is 1. The van der Waals surface area contributed by atoms with E-state index in [-0.39, 0.29) is 0 Å². The van der Waals surface area contributed by atoms with Crippen LogP contribution in [0.25, 0.3) is 0 Å². The van der Waals surface area contributed by atoms with Crippen LogP contribution in [0.4, 0.5) is 0 Å². The van der Waals surface area contributed by atoms with Crippen molar-refractivity contribution in [2.45, 2.75) is 45.1 Å². The molecule has 1 saturated carbocycles. The SMILES string of the molecule is CC(Cc1ccc(Cl)cc1)NCCCC1CC1. The molecule has 0 saturated heterocycles. The molecule has 1 nitrogen and oxygen atoms in total. The lowest BCUT2D eigenvalue weighted by Gasteiger charge is -2.13. The summed E-state index contributed by atoms with van der Waals surface area (Å²) in [5.41, 5.74) is 1.36. The van der Waals surface area contributed by atoms with E-state index in [0.29, 0.717) is 6.04 Å². The number of rotatable bonds is 7. The minimum atomic E-state index is 0.551. The van der Waals surface area contributed by atoms with Crippen LogP contribution in [0.1, 0.15) is 38.2 Å². The molecular weight excluding hydrogens is 230 g/mol. The smallest absolute Gasteiger partial charge is 0.0406 e. The molecule has 1 unspecified atom stereocenters. The summed E-state index contributed by atoms with van der Waals surface area (Å²) in [6.07, 6.45) is 6.78. The highest BCUT2D eigenvalue weighted by atomic mass is 35.5. The number of benzene rings is 1. The number of halogens is 1. The second-order valence-electron chi connectivity index (χ2n) is 5.27. The average molecular weight is 252 g/mol. The predicted molar refractivity (Wildman–Crippen MR) is 74.6 cm³/mol. The standard InChI is InChI=1S/C15H22ClN/c1-12(17-10-2-3-13-4-5-13)11-14-6-8-15(16)9-7-14/h6-9,12-13,17H,2-5,10-11H2,1H3. The summed E-state index contributed by atoms with van der Waals surface area (Å²) in [5.74, 6) is 1.06. The summed E-state index contributed by atoms with van der Waals surface area (Å²) < 4.78 is 0. The Balaban J connectivity index is 1.61. The van der Waals surface area contributed by atoms with Gasteiger partial charge >= 0.3 is 0 Å². The first-order chi connectivity index (χ1) is 8.24. The molecule has 17 heavy (non-hydrogen) atoms. The summed E-state index contributed by atoms with van der Waals surface area (Å²) in [6, 6.07) is 8.72. The maximum Gasteiger partial charge on any atom is 0.0406 e. The molecule has 0 aromatic heterocycles. The van der Waals surface area contributed by atoms with E-state index in [1.54, 1.807) is 0 Å². The van der Waals surface area contributed by atoms with Crippen molar-refractivity contribution < 1.29 is 0 Å². The molecule has 2 rings (SSSR count). The van der Waals surface area contributed by atoms with Crippen molar-refractivity contribution in [2.24, 2.45) is 5.92 Å². The lowest BCUT2D eigenvalue weighted by atomic mass is 10.1. The first-order valence-corrected chi connectivity index (χ1v) is 7.09. The molecule has 1 atom stereocenters. The second-order valence-corrected chi connectivity index (χ2v) is 5.71. The maximum absolute atomic E-state index is 5.87. The van der Waals surface area contributed by atoms with Gasteiger partial charge in [-0.25, -0.2) is 0 Å². The quantitative estimate of drug-likeness (QED) is 0.721. The monoisotopic (exact) mass is 251 g/mol. The van der Waals surface area contributed by atoms with Crippen molar-refractivity contribution in [2.75, 3.05) is 6.54 Å². The van der Waals surface area contributed by atoms with E-state index in [2.05, 4.69) is 24.4 Å². The Kier molecular flexibility index (Phi) is 4.87. The summed E-state index contributed by atoms with van der Waals surface area (Å²) in [7, 11) is 0. The minimum Gasteiger partial charge on any atom is -0.314 e. The van der Waals surface area contributed by atoms with Crippen LogP contribution in [-0.2, 0) is 6.42 Å². The molecule has 0 amide bonds. The lowest BCUT2D eigenvalue weighted by molar-refractivity contribution is 0.515. The average Bonchev–Trinajstić information content (AvgIpc) is 3.12. The van der Waals surface area contributed by atoms with Crippen LogP contribution in [0.2, 0.25) is 5.02 Å². The molecule has 1 N–H and O–H groups in total. The Morgan fingerprint density at radius 3 is 2.65 bits per heavy atom. The van der Waals surface area contributed by atoms with Crippen molar-refractivity contribution in [1.29, 1.82) is 0 Å². The topological polar surface area (TPSA) is 12.0 Å². The van der Waals surface area contributed by atoms with E-state index < -0.39 is 0 Å². The maximum atomic E-state index is 5.87. The van der Waals surface area contributed by atoms with Gasteiger partial charge in [0.1, 0.15) is 0 Å². The van der Waals surface area contributed by atoms with Gasteiger partial charge in [0, 0.05) is 11.1 Å². The van der Waals surface area contributed by atoms with Crippen LogP contribution in [-0.4, -0.2) is 12.6 Å². The molecule has 94 valence electrons. The number of hydrogen-bond acceptors (Lipinski definition) is 1. The highest BCUT2D eigenvalue weighted by molar-refractivity contribution is 6.30. The summed E-state index contributed by atoms with van der Waals surface area (Å²) in [5, 5.41) is 4.41. The molecule has 1 fully saturated rings. The van der Waals surface area contributed by atoms with Gasteiger partial charge in [-0.1, -0.05) is 36.6 Å². The Morgan fingerprint density at radius 1 is 1.29 bits per heavy atom. The highest BCUT2D eigenvalue weighted by Gasteiger charge is 2.19. The molecular formula is C15H22ClN. The van der Waals surface area contributed by atoms with Gasteiger partial charge in [-0.2, -0.15) is 0 Å². The molecule has 0 bridgehead atoms. The summed E-state index contributed by atoms with van der Waals surface area (Å²) in [4.78, 5) is 0. The van der Waals surface area contributed by atoms with Crippen molar-refractivity contribution in [3.63, 3.8) is 0 Å². The van der Waals surface area contributed by atoms with Crippen molar-refractivity contribution in [3.05, 3.63) is 34.9 Å². The van der Waals surface area contributed by atoms with Crippen LogP contribution >= 0.6 is 11.6 Å². The van der Waals surface area contributed by atoms with E-state index >= 15 is 0 Å². The van der Waals surface area contributed by atoms with Gasteiger partial charge < -0.3 is 5.32 Å². The van der Waals surface area contributed by atoms with Crippen LogP contribution in [0.3, 0.4) is 0 Å². The van der Waals surface area contributed by atoms with E-state index in [0.717, 1.165) is 23.9 Å². The normalized spacial score (nSPS) is 17.1. The Labute approximate surface area is 110 Å². The second kappa shape index (κ2) is 6.42. The van der Waals surface area contributed by atoms with Gasteiger partial charge in [0.15, 0.2) is 0 Å². The fourth-order valence-corrected chi connectivity index (χ4v) is 2.32. The largest absolute Gasteiger partial charge is 0.314 e. The summed E-state index contributed by atoms with van der Waals surface area (Å²) in [6.45, 7) is 3.41. The van der Waals surface area contributed by atoms with Crippen LogP contribution < -0.4 is 5.32 Å². The van der Waals surface area contributed by atoms with E-state index in [9.17, 15) is 0 Å². The third-order valence-corrected chi connectivity index (χ3v) is 3.69. The van der Waals surface area contributed by atoms with Crippen LogP contribution in [0, 0.1) is 5.92 Å². The first-order valence-electron chi connectivity index (χ1n) is 6.72.